The summed E-state index contributed by atoms with van der Waals surface area (Å²) in [4.78, 5) is 11.9. The number of hydrogen-bond donors (Lipinski definition) is 2. The van der Waals surface area contributed by atoms with Gasteiger partial charge in [-0.05, 0) is 31.9 Å². The monoisotopic (exact) mass is 219 g/mol. The fourth-order valence-corrected chi connectivity index (χ4v) is 1.91. The maximum Gasteiger partial charge on any atom is 0.251 e. The van der Waals surface area contributed by atoms with Crippen LogP contribution in [0.2, 0.25) is 0 Å². The molecular weight excluding hydrogens is 202 g/mol. The molecule has 1 atom stereocenters. The summed E-state index contributed by atoms with van der Waals surface area (Å²) in [6.45, 7) is 2.12. The van der Waals surface area contributed by atoms with Gasteiger partial charge in [0.1, 0.15) is 0 Å². The van der Waals surface area contributed by atoms with Crippen LogP contribution < -0.4 is 5.32 Å². The Morgan fingerprint density at radius 1 is 1.44 bits per heavy atom. The number of carbonyl (C=O) groups is 1. The van der Waals surface area contributed by atoms with Gasteiger partial charge in [-0.3, -0.25) is 4.79 Å². The van der Waals surface area contributed by atoms with Gasteiger partial charge >= 0.3 is 0 Å². The Morgan fingerprint density at radius 3 is 2.56 bits per heavy atom. The Balaban J connectivity index is 1.98. The van der Waals surface area contributed by atoms with Crippen molar-refractivity contribution in [3.05, 3.63) is 35.9 Å². The lowest BCUT2D eigenvalue weighted by atomic mass is 9.99. The van der Waals surface area contributed by atoms with Gasteiger partial charge in [0.2, 0.25) is 0 Å². The van der Waals surface area contributed by atoms with Crippen molar-refractivity contribution in [3.63, 3.8) is 0 Å². The van der Waals surface area contributed by atoms with E-state index in [1.807, 2.05) is 25.1 Å². The van der Waals surface area contributed by atoms with Crippen LogP contribution >= 0.6 is 0 Å². The van der Waals surface area contributed by atoms with E-state index in [1.54, 1.807) is 12.1 Å². The van der Waals surface area contributed by atoms with Crippen molar-refractivity contribution in [1.82, 2.24) is 5.32 Å². The van der Waals surface area contributed by atoms with Crippen LogP contribution in [-0.4, -0.2) is 23.7 Å². The lowest BCUT2D eigenvalue weighted by Gasteiger charge is -2.22. The summed E-state index contributed by atoms with van der Waals surface area (Å²) in [5.41, 5.74) is 0.604. The Labute approximate surface area is 95.5 Å². The molecule has 1 aliphatic carbocycles. The molecule has 0 saturated heterocycles. The second-order valence-electron chi connectivity index (χ2n) is 4.58. The molecule has 86 valence electrons. The molecule has 0 aliphatic heterocycles. The van der Waals surface area contributed by atoms with Crippen LogP contribution in [0.4, 0.5) is 0 Å². The van der Waals surface area contributed by atoms with Crippen LogP contribution in [0.15, 0.2) is 30.3 Å². The highest BCUT2D eigenvalue weighted by Gasteiger charge is 2.47. The highest BCUT2D eigenvalue weighted by molar-refractivity contribution is 5.94. The maximum absolute atomic E-state index is 11.9. The summed E-state index contributed by atoms with van der Waals surface area (Å²) in [7, 11) is 0. The lowest BCUT2D eigenvalue weighted by molar-refractivity contribution is 0.0900. The third-order valence-corrected chi connectivity index (χ3v) is 3.51. The Hall–Kier alpha value is -1.35. The topological polar surface area (TPSA) is 49.3 Å². The average Bonchev–Trinajstić information content (AvgIpc) is 3.11. The largest absolute Gasteiger partial charge is 0.396 e. The van der Waals surface area contributed by atoms with Crippen molar-refractivity contribution in [2.24, 2.45) is 5.41 Å². The molecule has 0 spiro atoms. The van der Waals surface area contributed by atoms with Gasteiger partial charge < -0.3 is 10.4 Å². The average molecular weight is 219 g/mol. The first kappa shape index (κ1) is 11.1. The molecule has 3 heteroatoms. The number of amides is 1. The fraction of sp³-hybridized carbons (Fsp3) is 0.462. The number of aliphatic hydroxyl groups excluding tert-OH is 1. The van der Waals surface area contributed by atoms with E-state index in [2.05, 4.69) is 5.32 Å². The van der Waals surface area contributed by atoms with Gasteiger partial charge in [0.25, 0.3) is 5.91 Å². The molecule has 16 heavy (non-hydrogen) atoms. The molecular formula is C13H17NO2. The molecule has 0 bridgehead atoms. The van der Waals surface area contributed by atoms with Gasteiger partial charge in [-0.1, -0.05) is 18.2 Å². The summed E-state index contributed by atoms with van der Waals surface area (Å²) in [6, 6.07) is 9.19. The SMILES string of the molecule is CC(NC(=O)c1ccccc1)C1(CO)CC1. The maximum atomic E-state index is 11.9. The molecule has 1 aromatic carbocycles. The zero-order valence-corrected chi connectivity index (χ0v) is 9.44. The number of hydrogen-bond acceptors (Lipinski definition) is 2. The Morgan fingerprint density at radius 2 is 2.06 bits per heavy atom. The molecule has 1 fully saturated rings. The van der Waals surface area contributed by atoms with E-state index in [4.69, 9.17) is 0 Å². The van der Waals surface area contributed by atoms with Crippen molar-refractivity contribution >= 4 is 5.91 Å². The Bertz CT molecular complexity index is 371. The molecule has 2 rings (SSSR count). The number of aliphatic hydroxyl groups is 1. The number of benzene rings is 1. The van der Waals surface area contributed by atoms with E-state index in [1.165, 1.54) is 0 Å². The van der Waals surface area contributed by atoms with E-state index >= 15 is 0 Å². The smallest absolute Gasteiger partial charge is 0.251 e. The van der Waals surface area contributed by atoms with Crippen molar-refractivity contribution in [2.45, 2.75) is 25.8 Å². The number of carbonyl (C=O) groups excluding carboxylic acids is 1. The molecule has 3 nitrogen and oxygen atoms in total. The van der Waals surface area contributed by atoms with Crippen LogP contribution in [0.25, 0.3) is 0 Å². The third-order valence-electron chi connectivity index (χ3n) is 3.51. The second kappa shape index (κ2) is 4.26. The van der Waals surface area contributed by atoms with Gasteiger partial charge in [-0.25, -0.2) is 0 Å². The molecule has 0 heterocycles. The van der Waals surface area contributed by atoms with E-state index < -0.39 is 0 Å². The predicted molar refractivity (Wildman–Crippen MR) is 62.1 cm³/mol. The van der Waals surface area contributed by atoms with Gasteiger partial charge in [0, 0.05) is 17.0 Å². The normalized spacial score (nSPS) is 18.9. The van der Waals surface area contributed by atoms with Crippen LogP contribution in [0.1, 0.15) is 30.1 Å². The van der Waals surface area contributed by atoms with Crippen LogP contribution in [-0.2, 0) is 0 Å². The van der Waals surface area contributed by atoms with Crippen molar-refractivity contribution < 1.29 is 9.90 Å². The lowest BCUT2D eigenvalue weighted by Crippen LogP contribution is -2.40. The summed E-state index contributed by atoms with van der Waals surface area (Å²) in [5, 5.41) is 12.2. The Kier molecular flexibility index (Phi) is 2.97. The molecule has 1 aromatic rings. The summed E-state index contributed by atoms with van der Waals surface area (Å²) in [6.07, 6.45) is 2.00. The van der Waals surface area contributed by atoms with E-state index in [9.17, 15) is 9.90 Å². The standard InChI is InChI=1S/C13H17NO2/c1-10(13(9-15)7-8-13)14-12(16)11-5-3-2-4-6-11/h2-6,10,15H,7-9H2,1H3,(H,14,16). The van der Waals surface area contributed by atoms with Crippen molar-refractivity contribution in [2.75, 3.05) is 6.61 Å². The van der Waals surface area contributed by atoms with Crippen LogP contribution in [0.3, 0.4) is 0 Å². The first-order valence-corrected chi connectivity index (χ1v) is 5.65. The fourth-order valence-electron chi connectivity index (χ4n) is 1.91. The van der Waals surface area contributed by atoms with E-state index in [-0.39, 0.29) is 24.0 Å². The first-order chi connectivity index (χ1) is 7.68. The zero-order valence-electron chi connectivity index (χ0n) is 9.44. The molecule has 2 N–H and O–H groups in total. The van der Waals surface area contributed by atoms with Crippen LogP contribution in [0, 0.1) is 5.41 Å². The van der Waals surface area contributed by atoms with Gasteiger partial charge in [-0.15, -0.1) is 0 Å². The zero-order chi connectivity index (χ0) is 11.6. The number of rotatable bonds is 4. The third kappa shape index (κ3) is 2.09. The van der Waals surface area contributed by atoms with Gasteiger partial charge in [0.15, 0.2) is 0 Å². The minimum absolute atomic E-state index is 0.0326. The second-order valence-corrected chi connectivity index (χ2v) is 4.58. The highest BCUT2D eigenvalue weighted by atomic mass is 16.3. The molecule has 1 unspecified atom stereocenters. The van der Waals surface area contributed by atoms with Crippen LogP contribution in [0.5, 0.6) is 0 Å². The van der Waals surface area contributed by atoms with Gasteiger partial charge in [0.05, 0.1) is 6.61 Å². The number of nitrogens with one attached hydrogen (secondary N) is 1. The quantitative estimate of drug-likeness (QED) is 0.807. The van der Waals surface area contributed by atoms with E-state index in [0.29, 0.717) is 5.56 Å². The highest BCUT2D eigenvalue weighted by Crippen LogP contribution is 2.48. The minimum Gasteiger partial charge on any atom is -0.396 e. The summed E-state index contributed by atoms with van der Waals surface area (Å²) in [5.74, 6) is -0.0622. The molecule has 1 amide bonds. The molecule has 0 aromatic heterocycles. The van der Waals surface area contributed by atoms with Crippen molar-refractivity contribution in [3.8, 4) is 0 Å². The van der Waals surface area contributed by atoms with Crippen molar-refractivity contribution in [1.29, 1.82) is 0 Å². The first-order valence-electron chi connectivity index (χ1n) is 5.65. The molecule has 1 aliphatic rings. The van der Waals surface area contributed by atoms with E-state index in [0.717, 1.165) is 12.8 Å². The molecule has 0 radical (unpaired) electrons. The molecule has 1 saturated carbocycles. The summed E-state index contributed by atoms with van der Waals surface area (Å²) >= 11 is 0. The van der Waals surface area contributed by atoms with Gasteiger partial charge in [-0.2, -0.15) is 0 Å². The minimum atomic E-state index is -0.0650. The predicted octanol–water partition coefficient (Wildman–Crippen LogP) is 1.58. The summed E-state index contributed by atoms with van der Waals surface area (Å²) < 4.78 is 0.